The molecule has 36 heavy (non-hydrogen) atoms. The van der Waals surface area contributed by atoms with Crippen LogP contribution in [0, 0.1) is 0 Å². The largest absolute Gasteiger partial charge is 0.116 e. The third-order valence-corrected chi connectivity index (χ3v) is 19.5. The summed E-state index contributed by atoms with van der Waals surface area (Å²) in [5.74, 6) is 0. The van der Waals surface area contributed by atoms with Gasteiger partial charge in [-0.05, 0) is 68.5 Å². The fourth-order valence-corrected chi connectivity index (χ4v) is 14.8. The van der Waals surface area contributed by atoms with E-state index in [0.717, 1.165) is 19.3 Å². The van der Waals surface area contributed by atoms with Crippen molar-refractivity contribution >= 4 is 103 Å². The Hall–Kier alpha value is 0.490. The predicted octanol–water partition coefficient (Wildman–Crippen LogP) is 9.52. The normalized spacial score (nSPS) is 28.6. The van der Waals surface area contributed by atoms with Gasteiger partial charge in [-0.1, -0.05) is 141 Å². The van der Waals surface area contributed by atoms with Gasteiger partial charge in [0.1, 0.15) is 23.2 Å². The van der Waals surface area contributed by atoms with Gasteiger partial charge in [-0.15, -0.1) is 0 Å². The molecule has 192 valence electrons. The molecular weight excluding hydrogens is 791 g/mol. The van der Waals surface area contributed by atoms with Crippen LogP contribution in [0.4, 0.5) is 0 Å². The molecule has 1 aliphatic rings. The highest BCUT2D eigenvalue weighted by Crippen LogP contribution is 2.64. The van der Waals surface area contributed by atoms with Crippen molar-refractivity contribution in [2.75, 3.05) is 0 Å². The zero-order valence-corrected chi connectivity index (χ0v) is 29.0. The fourth-order valence-electron chi connectivity index (χ4n) is 5.50. The van der Waals surface area contributed by atoms with Crippen LogP contribution in [0.3, 0.4) is 0 Å². The molecule has 1 saturated carbocycles. The first-order chi connectivity index (χ1) is 17.4. The standard InChI is InChI=1S/C30H33Br5P/c31-25-17-10-18-26(32)29(35)21-30(28(34)20-19-27(25)33)36(22-11-4-1-5-12-22,23-13-6-2-7-14-23)24-15-8-3-9-16-24/h1-9,11-16,25-30H,10,17-21H2/q+1. The van der Waals surface area contributed by atoms with Crippen molar-refractivity contribution in [1.29, 1.82) is 0 Å². The summed E-state index contributed by atoms with van der Waals surface area (Å²) in [5, 5.41) is 4.38. The van der Waals surface area contributed by atoms with Crippen molar-refractivity contribution in [3.05, 3.63) is 91.0 Å². The van der Waals surface area contributed by atoms with Crippen LogP contribution in [-0.4, -0.2) is 29.8 Å². The van der Waals surface area contributed by atoms with E-state index < -0.39 is 7.26 Å². The number of alkyl halides is 5. The summed E-state index contributed by atoms with van der Waals surface area (Å²) in [6.07, 6.45) is 6.96. The van der Waals surface area contributed by atoms with Gasteiger partial charge in [0.15, 0.2) is 0 Å². The highest BCUT2D eigenvalue weighted by molar-refractivity contribution is 9.12. The number of benzene rings is 3. The summed E-state index contributed by atoms with van der Waals surface area (Å²) in [5.41, 5.74) is 0.432. The van der Waals surface area contributed by atoms with Crippen molar-refractivity contribution in [2.24, 2.45) is 0 Å². The van der Waals surface area contributed by atoms with Crippen LogP contribution < -0.4 is 15.9 Å². The monoisotopic (exact) mass is 819 g/mol. The van der Waals surface area contributed by atoms with Gasteiger partial charge < -0.3 is 0 Å². The summed E-state index contributed by atoms with van der Waals surface area (Å²) in [4.78, 5) is 2.19. The fraction of sp³-hybridized carbons (Fsp3) is 0.400. The van der Waals surface area contributed by atoms with Crippen molar-refractivity contribution < 1.29 is 0 Å². The van der Waals surface area contributed by atoms with Crippen LogP contribution >= 0.6 is 86.9 Å². The highest BCUT2D eigenvalue weighted by atomic mass is 79.9. The SMILES string of the molecule is BrC1CCCC(Br)C(Br)CC([P+](c2ccccc2)(c2ccccc2)c2ccccc2)C(Br)CCC1Br. The van der Waals surface area contributed by atoms with Gasteiger partial charge in [-0.3, -0.25) is 0 Å². The van der Waals surface area contributed by atoms with E-state index in [1.54, 1.807) is 0 Å². The van der Waals surface area contributed by atoms with Gasteiger partial charge >= 0.3 is 0 Å². The third-order valence-electron chi connectivity index (χ3n) is 7.33. The molecule has 6 heteroatoms. The first-order valence-corrected chi connectivity index (χ1v) is 19.1. The highest BCUT2D eigenvalue weighted by Gasteiger charge is 2.55. The molecule has 1 fully saturated rings. The van der Waals surface area contributed by atoms with Crippen molar-refractivity contribution in [3.63, 3.8) is 0 Å². The number of hydrogen-bond donors (Lipinski definition) is 0. The molecule has 0 aliphatic heterocycles. The maximum Gasteiger partial charge on any atom is 0.116 e. The summed E-state index contributed by atoms with van der Waals surface area (Å²) in [6, 6.07) is 34.0. The Bertz CT molecular complexity index is 952. The molecule has 6 atom stereocenters. The summed E-state index contributed by atoms with van der Waals surface area (Å²) in [7, 11) is -2.01. The van der Waals surface area contributed by atoms with Crippen molar-refractivity contribution in [1.82, 2.24) is 0 Å². The lowest BCUT2D eigenvalue weighted by Crippen LogP contribution is -2.44. The molecule has 4 rings (SSSR count). The summed E-state index contributed by atoms with van der Waals surface area (Å²) >= 11 is 20.6. The second-order valence-electron chi connectivity index (χ2n) is 9.62. The van der Waals surface area contributed by atoms with Crippen LogP contribution in [0.25, 0.3) is 0 Å². The molecule has 0 nitrogen and oxygen atoms in total. The van der Waals surface area contributed by atoms with E-state index in [1.165, 1.54) is 35.2 Å². The Kier molecular flexibility index (Phi) is 11.6. The van der Waals surface area contributed by atoms with E-state index in [-0.39, 0.29) is 0 Å². The van der Waals surface area contributed by atoms with Gasteiger partial charge in [0.2, 0.25) is 0 Å². The Morgan fingerprint density at radius 2 is 0.806 bits per heavy atom. The van der Waals surface area contributed by atoms with E-state index in [0.29, 0.717) is 29.8 Å². The molecular formula is C30H33Br5P+. The molecule has 6 unspecified atom stereocenters. The van der Waals surface area contributed by atoms with Crippen LogP contribution in [0.5, 0.6) is 0 Å². The first kappa shape index (κ1) is 29.5. The molecule has 0 heterocycles. The van der Waals surface area contributed by atoms with Crippen LogP contribution in [0.15, 0.2) is 91.0 Å². The van der Waals surface area contributed by atoms with Gasteiger partial charge in [0.05, 0.1) is 10.5 Å². The molecule has 3 aromatic rings. The van der Waals surface area contributed by atoms with Gasteiger partial charge in [0.25, 0.3) is 0 Å². The topological polar surface area (TPSA) is 0 Å². The van der Waals surface area contributed by atoms with Gasteiger partial charge in [-0.2, -0.15) is 0 Å². The summed E-state index contributed by atoms with van der Waals surface area (Å²) < 4.78 is 0. The Balaban J connectivity index is 1.93. The van der Waals surface area contributed by atoms with Gasteiger partial charge in [0, 0.05) is 19.3 Å². The molecule has 0 bridgehead atoms. The van der Waals surface area contributed by atoms with E-state index in [2.05, 4.69) is 171 Å². The van der Waals surface area contributed by atoms with E-state index in [4.69, 9.17) is 0 Å². The zero-order chi connectivity index (χ0) is 25.5. The zero-order valence-electron chi connectivity index (χ0n) is 20.2. The summed E-state index contributed by atoms with van der Waals surface area (Å²) in [6.45, 7) is 0. The number of rotatable bonds is 4. The maximum absolute atomic E-state index is 4.32. The lowest BCUT2D eigenvalue weighted by atomic mass is 10.0. The molecule has 3 aromatic carbocycles. The van der Waals surface area contributed by atoms with Crippen LogP contribution in [0.2, 0.25) is 0 Å². The van der Waals surface area contributed by atoms with E-state index in [9.17, 15) is 0 Å². The minimum atomic E-state index is -2.01. The average Bonchev–Trinajstić information content (AvgIpc) is 2.92. The maximum atomic E-state index is 4.32. The number of halogens is 5. The smallest absolute Gasteiger partial charge is 0.0879 e. The second kappa shape index (κ2) is 14.2. The number of hydrogen-bond acceptors (Lipinski definition) is 0. The van der Waals surface area contributed by atoms with Crippen molar-refractivity contribution in [2.45, 2.75) is 68.3 Å². The third kappa shape index (κ3) is 6.79. The molecule has 0 aromatic heterocycles. The molecule has 0 radical (unpaired) electrons. The lowest BCUT2D eigenvalue weighted by Gasteiger charge is -2.39. The Morgan fingerprint density at radius 3 is 1.25 bits per heavy atom. The van der Waals surface area contributed by atoms with E-state index >= 15 is 0 Å². The van der Waals surface area contributed by atoms with Gasteiger partial charge in [-0.25, -0.2) is 0 Å². The molecule has 0 amide bonds. The lowest BCUT2D eigenvalue weighted by molar-refractivity contribution is 0.551. The van der Waals surface area contributed by atoms with Crippen LogP contribution in [0.1, 0.15) is 38.5 Å². The second-order valence-corrected chi connectivity index (χ2v) is 19.2. The Labute approximate surface area is 259 Å². The van der Waals surface area contributed by atoms with E-state index in [1.807, 2.05) is 0 Å². The molecule has 0 spiro atoms. The molecule has 1 aliphatic carbocycles. The predicted molar refractivity (Wildman–Crippen MR) is 180 cm³/mol. The first-order valence-electron chi connectivity index (χ1n) is 12.7. The minimum Gasteiger partial charge on any atom is -0.0879 e. The molecule has 0 N–H and O–H groups in total. The van der Waals surface area contributed by atoms with Crippen molar-refractivity contribution in [3.8, 4) is 0 Å². The quantitative estimate of drug-likeness (QED) is 0.182. The van der Waals surface area contributed by atoms with Crippen LogP contribution in [-0.2, 0) is 0 Å². The average molecular weight is 824 g/mol. The Morgan fingerprint density at radius 1 is 0.444 bits per heavy atom. The molecule has 0 saturated heterocycles. The minimum absolute atomic E-state index is 0.380.